The molecule has 1 rings (SSSR count). The smallest absolute Gasteiger partial charge is 0.151 e. The van der Waals surface area contributed by atoms with E-state index in [4.69, 9.17) is 0 Å². The van der Waals surface area contributed by atoms with Crippen LogP contribution in [-0.4, -0.2) is 55.2 Å². The molecule has 0 amide bonds. The number of hydrogen-bond acceptors (Lipinski definition) is 4. The molecule has 5 heteroatoms. The maximum absolute atomic E-state index is 11.5. The highest BCUT2D eigenvalue weighted by Gasteiger charge is 2.31. The van der Waals surface area contributed by atoms with Crippen LogP contribution in [0.2, 0.25) is 0 Å². The van der Waals surface area contributed by atoms with Gasteiger partial charge in [-0.1, -0.05) is 6.92 Å². The van der Waals surface area contributed by atoms with Gasteiger partial charge in [0.1, 0.15) is 0 Å². The first-order valence-electron chi connectivity index (χ1n) is 5.50. The minimum Gasteiger partial charge on any atom is -0.389 e. The summed E-state index contributed by atoms with van der Waals surface area (Å²) < 4.78 is 22.9. The summed E-state index contributed by atoms with van der Waals surface area (Å²) in [6.45, 7) is 5.62. The van der Waals surface area contributed by atoms with Crippen LogP contribution >= 0.6 is 0 Å². The van der Waals surface area contributed by atoms with Crippen LogP contribution in [-0.2, 0) is 9.84 Å². The average Bonchev–Trinajstić information content (AvgIpc) is 2.42. The molecule has 0 radical (unpaired) electrons. The topological polar surface area (TPSA) is 57.6 Å². The minimum atomic E-state index is -2.88. The van der Waals surface area contributed by atoms with Gasteiger partial charge >= 0.3 is 0 Å². The van der Waals surface area contributed by atoms with E-state index in [0.717, 1.165) is 13.0 Å². The molecule has 1 saturated heterocycles. The minimum absolute atomic E-state index is 0.219. The molecule has 1 atom stereocenters. The van der Waals surface area contributed by atoms with Crippen molar-refractivity contribution in [3.63, 3.8) is 0 Å². The standard InChI is InChI=1S/C10H21NO3S/c1-3-7-15(13,14)8-6-11-5-4-10(2,12)9-11/h12H,3-9H2,1-2H3. The molecular weight excluding hydrogens is 214 g/mol. The van der Waals surface area contributed by atoms with Crippen molar-refractivity contribution in [2.75, 3.05) is 31.1 Å². The summed E-state index contributed by atoms with van der Waals surface area (Å²) >= 11 is 0. The molecule has 1 N–H and O–H groups in total. The maximum Gasteiger partial charge on any atom is 0.151 e. The monoisotopic (exact) mass is 235 g/mol. The van der Waals surface area contributed by atoms with Crippen molar-refractivity contribution in [3.8, 4) is 0 Å². The molecule has 0 saturated carbocycles. The van der Waals surface area contributed by atoms with Gasteiger partial charge in [-0.3, -0.25) is 4.90 Å². The van der Waals surface area contributed by atoms with E-state index in [9.17, 15) is 13.5 Å². The van der Waals surface area contributed by atoms with Gasteiger partial charge in [0.25, 0.3) is 0 Å². The lowest BCUT2D eigenvalue weighted by Crippen LogP contribution is -2.33. The normalized spacial score (nSPS) is 28.5. The van der Waals surface area contributed by atoms with Gasteiger partial charge < -0.3 is 5.11 Å². The summed E-state index contributed by atoms with van der Waals surface area (Å²) in [5.41, 5.74) is -0.630. The highest BCUT2D eigenvalue weighted by Crippen LogP contribution is 2.19. The molecule has 15 heavy (non-hydrogen) atoms. The molecule has 1 aliphatic rings. The van der Waals surface area contributed by atoms with Gasteiger partial charge in [-0.25, -0.2) is 8.42 Å². The van der Waals surface area contributed by atoms with Gasteiger partial charge in [0.15, 0.2) is 9.84 Å². The van der Waals surface area contributed by atoms with E-state index in [1.807, 2.05) is 11.8 Å². The van der Waals surface area contributed by atoms with Crippen LogP contribution in [0.1, 0.15) is 26.7 Å². The number of β-amino-alcohol motifs (C(OH)–C–C–N with tert-alkyl or cyclic N) is 1. The summed E-state index contributed by atoms with van der Waals surface area (Å²) in [6.07, 6.45) is 1.42. The summed E-state index contributed by atoms with van der Waals surface area (Å²) in [5, 5.41) is 9.71. The van der Waals surface area contributed by atoms with Crippen LogP contribution < -0.4 is 0 Å². The van der Waals surface area contributed by atoms with Crippen LogP contribution in [0.3, 0.4) is 0 Å². The third-order valence-electron chi connectivity index (χ3n) is 2.76. The molecule has 0 aromatic carbocycles. The lowest BCUT2D eigenvalue weighted by atomic mass is 10.1. The molecular formula is C10H21NO3S. The molecule has 0 aliphatic carbocycles. The first-order chi connectivity index (χ1) is 6.85. The largest absolute Gasteiger partial charge is 0.389 e. The zero-order valence-corrected chi connectivity index (χ0v) is 10.4. The van der Waals surface area contributed by atoms with E-state index in [2.05, 4.69) is 0 Å². The van der Waals surface area contributed by atoms with Crippen molar-refractivity contribution in [2.45, 2.75) is 32.3 Å². The van der Waals surface area contributed by atoms with Crippen LogP contribution in [0.5, 0.6) is 0 Å². The Morgan fingerprint density at radius 2 is 2.07 bits per heavy atom. The molecule has 0 bridgehead atoms. The Labute approximate surface area is 92.2 Å². The van der Waals surface area contributed by atoms with Gasteiger partial charge in [0.2, 0.25) is 0 Å². The molecule has 4 nitrogen and oxygen atoms in total. The van der Waals surface area contributed by atoms with Crippen molar-refractivity contribution < 1.29 is 13.5 Å². The number of hydrogen-bond donors (Lipinski definition) is 1. The SMILES string of the molecule is CCCS(=O)(=O)CCN1CCC(C)(O)C1. The van der Waals surface area contributed by atoms with Crippen molar-refractivity contribution in [1.29, 1.82) is 0 Å². The second-order valence-corrected chi connectivity index (χ2v) is 6.98. The lowest BCUT2D eigenvalue weighted by molar-refractivity contribution is 0.0696. The Morgan fingerprint density at radius 3 is 2.53 bits per heavy atom. The molecule has 0 spiro atoms. The van der Waals surface area contributed by atoms with Crippen molar-refractivity contribution in [3.05, 3.63) is 0 Å². The Balaban J connectivity index is 2.33. The second-order valence-electron chi connectivity index (χ2n) is 4.67. The number of nitrogens with zero attached hydrogens (tertiary/aromatic N) is 1. The van der Waals surface area contributed by atoms with Crippen LogP contribution in [0, 0.1) is 0 Å². The summed E-state index contributed by atoms with van der Waals surface area (Å²) in [6, 6.07) is 0. The summed E-state index contributed by atoms with van der Waals surface area (Å²) in [5.74, 6) is 0.494. The Morgan fingerprint density at radius 1 is 1.40 bits per heavy atom. The highest BCUT2D eigenvalue weighted by molar-refractivity contribution is 7.91. The fourth-order valence-corrected chi connectivity index (χ4v) is 3.27. The van der Waals surface area contributed by atoms with Gasteiger partial charge in [0, 0.05) is 25.4 Å². The summed E-state index contributed by atoms with van der Waals surface area (Å²) in [7, 11) is -2.88. The van der Waals surface area contributed by atoms with Gasteiger partial charge in [-0.2, -0.15) is 0 Å². The van der Waals surface area contributed by atoms with Gasteiger partial charge in [-0.15, -0.1) is 0 Å². The van der Waals surface area contributed by atoms with Crippen LogP contribution in [0.25, 0.3) is 0 Å². The first kappa shape index (κ1) is 12.9. The van der Waals surface area contributed by atoms with E-state index in [1.165, 1.54) is 0 Å². The molecule has 90 valence electrons. The van der Waals surface area contributed by atoms with E-state index >= 15 is 0 Å². The fourth-order valence-electron chi connectivity index (χ4n) is 1.91. The number of rotatable bonds is 5. The lowest BCUT2D eigenvalue weighted by Gasteiger charge is -2.18. The Bertz CT molecular complexity index is 298. The second kappa shape index (κ2) is 4.80. The van der Waals surface area contributed by atoms with Gasteiger partial charge in [-0.05, 0) is 19.8 Å². The first-order valence-corrected chi connectivity index (χ1v) is 7.32. The van der Waals surface area contributed by atoms with E-state index in [-0.39, 0.29) is 11.5 Å². The number of likely N-dealkylation sites (tertiary alicyclic amines) is 1. The molecule has 1 fully saturated rings. The van der Waals surface area contributed by atoms with Crippen molar-refractivity contribution in [2.24, 2.45) is 0 Å². The van der Waals surface area contributed by atoms with Crippen molar-refractivity contribution in [1.82, 2.24) is 4.90 Å². The molecule has 1 aliphatic heterocycles. The summed E-state index contributed by atoms with van der Waals surface area (Å²) in [4.78, 5) is 2.02. The maximum atomic E-state index is 11.5. The van der Waals surface area contributed by atoms with E-state index < -0.39 is 15.4 Å². The zero-order chi connectivity index (χ0) is 11.5. The molecule has 0 aromatic heterocycles. The number of aliphatic hydroxyl groups is 1. The van der Waals surface area contributed by atoms with E-state index in [1.54, 1.807) is 6.92 Å². The quantitative estimate of drug-likeness (QED) is 0.743. The zero-order valence-electron chi connectivity index (χ0n) is 9.57. The van der Waals surface area contributed by atoms with Gasteiger partial charge in [0.05, 0.1) is 11.4 Å². The number of sulfone groups is 1. The highest BCUT2D eigenvalue weighted by atomic mass is 32.2. The predicted molar refractivity (Wildman–Crippen MR) is 60.6 cm³/mol. The molecule has 1 unspecified atom stereocenters. The third-order valence-corrected chi connectivity index (χ3v) is 4.60. The fraction of sp³-hybridized carbons (Fsp3) is 1.00. The predicted octanol–water partition coefficient (Wildman–Crippen LogP) is 0.268. The van der Waals surface area contributed by atoms with Crippen molar-refractivity contribution >= 4 is 9.84 Å². The Hall–Kier alpha value is -0.130. The van der Waals surface area contributed by atoms with Crippen LogP contribution in [0.15, 0.2) is 0 Å². The van der Waals surface area contributed by atoms with E-state index in [0.29, 0.717) is 19.5 Å². The van der Waals surface area contributed by atoms with Crippen LogP contribution in [0.4, 0.5) is 0 Å². The third kappa shape index (κ3) is 4.49. The average molecular weight is 235 g/mol. The Kier molecular flexibility index (Phi) is 4.14. The molecule has 1 heterocycles. The molecule has 0 aromatic rings.